The third kappa shape index (κ3) is 5.22. The summed E-state index contributed by atoms with van der Waals surface area (Å²) >= 11 is 1.22. The molecule has 1 heterocycles. The first kappa shape index (κ1) is 20.9. The Bertz CT molecular complexity index is 1280. The number of nitrogens with one attached hydrogen (secondary N) is 1. The van der Waals surface area contributed by atoms with Crippen molar-refractivity contribution in [2.75, 3.05) is 0 Å². The molecule has 1 aliphatic rings. The van der Waals surface area contributed by atoms with Gasteiger partial charge >= 0.3 is 10.1 Å². The maximum Gasteiger partial charge on any atom is 0.339 e. The van der Waals surface area contributed by atoms with Crippen molar-refractivity contribution in [1.29, 1.82) is 0 Å². The highest BCUT2D eigenvalue weighted by atomic mass is 32.2. The summed E-state index contributed by atoms with van der Waals surface area (Å²) < 4.78 is 30.3. The fourth-order valence-electron chi connectivity index (χ4n) is 2.79. The van der Waals surface area contributed by atoms with E-state index in [9.17, 15) is 13.2 Å². The zero-order valence-electron chi connectivity index (χ0n) is 16.5. The van der Waals surface area contributed by atoms with Gasteiger partial charge in [0, 0.05) is 0 Å². The number of carbonyl (C=O) groups excluding carboxylic acids is 1. The Morgan fingerprint density at radius 3 is 2.45 bits per heavy atom. The fourth-order valence-corrected chi connectivity index (χ4v) is 4.55. The van der Waals surface area contributed by atoms with E-state index in [0.717, 1.165) is 11.3 Å². The Hall–Kier alpha value is -3.36. The average Bonchev–Trinajstić information content (AvgIpc) is 3.07. The van der Waals surface area contributed by atoms with Crippen molar-refractivity contribution in [2.45, 2.75) is 11.8 Å². The molecule has 1 aliphatic heterocycles. The first-order valence-corrected chi connectivity index (χ1v) is 11.6. The van der Waals surface area contributed by atoms with Crippen LogP contribution in [0.1, 0.15) is 11.1 Å². The third-order valence-electron chi connectivity index (χ3n) is 4.31. The van der Waals surface area contributed by atoms with Crippen molar-refractivity contribution in [2.24, 2.45) is 4.99 Å². The minimum absolute atomic E-state index is 0.0781. The smallest absolute Gasteiger partial charge is 0.339 e. The molecular formula is C23H18N2O4S2. The lowest BCUT2D eigenvalue weighted by atomic mass is 10.2. The Labute approximate surface area is 184 Å². The van der Waals surface area contributed by atoms with Crippen molar-refractivity contribution < 1.29 is 17.4 Å². The molecule has 0 aliphatic carbocycles. The van der Waals surface area contributed by atoms with Gasteiger partial charge in [0.1, 0.15) is 10.6 Å². The van der Waals surface area contributed by atoms with E-state index in [0.29, 0.717) is 15.6 Å². The summed E-state index contributed by atoms with van der Waals surface area (Å²) in [6.07, 6.45) is 1.67. The summed E-state index contributed by atoms with van der Waals surface area (Å²) in [4.78, 5) is 17.2. The van der Waals surface area contributed by atoms with Gasteiger partial charge in [0.15, 0.2) is 5.17 Å². The molecule has 0 atom stereocenters. The van der Waals surface area contributed by atoms with Gasteiger partial charge < -0.3 is 9.50 Å². The number of amidine groups is 1. The number of thioether (sulfide) groups is 1. The van der Waals surface area contributed by atoms with E-state index in [1.54, 1.807) is 42.5 Å². The Balaban J connectivity index is 1.53. The summed E-state index contributed by atoms with van der Waals surface area (Å²) in [5, 5.41) is 3.21. The SMILES string of the molecule is Cc1ccc(S(=O)(=O)Oc2cccc(/C=C3\SC(=Nc4ccccc4)NC3=O)c2)cc1. The Morgan fingerprint density at radius 2 is 1.71 bits per heavy atom. The molecule has 1 amide bonds. The molecule has 8 heteroatoms. The van der Waals surface area contributed by atoms with Crippen LogP contribution in [-0.4, -0.2) is 19.5 Å². The molecule has 1 saturated heterocycles. The van der Waals surface area contributed by atoms with Gasteiger partial charge in [0.25, 0.3) is 5.91 Å². The van der Waals surface area contributed by atoms with Gasteiger partial charge in [-0.05, 0) is 66.7 Å². The molecule has 0 bridgehead atoms. The van der Waals surface area contributed by atoms with Crippen LogP contribution in [0.15, 0.2) is 93.7 Å². The lowest BCUT2D eigenvalue weighted by Crippen LogP contribution is -2.19. The van der Waals surface area contributed by atoms with E-state index in [2.05, 4.69) is 10.3 Å². The number of hydrogen-bond acceptors (Lipinski definition) is 6. The number of para-hydroxylation sites is 1. The molecule has 1 fully saturated rings. The minimum atomic E-state index is -3.95. The number of nitrogens with zero attached hydrogens (tertiary/aromatic N) is 1. The molecule has 6 nitrogen and oxygen atoms in total. The number of aryl methyl sites for hydroxylation is 1. The molecule has 0 spiro atoms. The largest absolute Gasteiger partial charge is 0.379 e. The van der Waals surface area contributed by atoms with Crippen LogP contribution in [0, 0.1) is 6.92 Å². The summed E-state index contributed by atoms with van der Waals surface area (Å²) in [6.45, 7) is 1.88. The summed E-state index contributed by atoms with van der Waals surface area (Å²) in [5.41, 5.74) is 2.33. The van der Waals surface area contributed by atoms with Crippen molar-refractivity contribution in [3.8, 4) is 5.75 Å². The predicted molar refractivity (Wildman–Crippen MR) is 123 cm³/mol. The first-order valence-electron chi connectivity index (χ1n) is 9.35. The summed E-state index contributed by atoms with van der Waals surface area (Å²) in [5.74, 6) is -0.102. The second kappa shape index (κ2) is 8.79. The maximum absolute atomic E-state index is 12.5. The topological polar surface area (TPSA) is 84.8 Å². The number of benzene rings is 3. The standard InChI is InChI=1S/C23H18N2O4S2/c1-16-10-12-20(13-11-16)31(27,28)29-19-9-5-6-17(14-19)15-21-22(26)25-23(30-21)24-18-7-3-2-4-8-18/h2-15H,1H3,(H,24,25,26)/b21-15-. The van der Waals surface area contributed by atoms with Crippen molar-refractivity contribution in [3.63, 3.8) is 0 Å². The van der Waals surface area contributed by atoms with E-state index in [4.69, 9.17) is 4.18 Å². The van der Waals surface area contributed by atoms with E-state index < -0.39 is 10.1 Å². The lowest BCUT2D eigenvalue weighted by molar-refractivity contribution is -0.115. The van der Waals surface area contributed by atoms with Crippen LogP contribution in [0.2, 0.25) is 0 Å². The highest BCUT2D eigenvalue weighted by Crippen LogP contribution is 2.29. The number of carbonyl (C=O) groups is 1. The molecule has 0 saturated carbocycles. The van der Waals surface area contributed by atoms with E-state index in [1.165, 1.54) is 23.9 Å². The monoisotopic (exact) mass is 450 g/mol. The van der Waals surface area contributed by atoms with E-state index in [-0.39, 0.29) is 16.6 Å². The second-order valence-electron chi connectivity index (χ2n) is 6.74. The van der Waals surface area contributed by atoms with Gasteiger partial charge in [-0.1, -0.05) is 48.0 Å². The lowest BCUT2D eigenvalue weighted by Gasteiger charge is -2.08. The van der Waals surface area contributed by atoms with Crippen LogP contribution >= 0.6 is 11.8 Å². The average molecular weight is 451 g/mol. The highest BCUT2D eigenvalue weighted by molar-refractivity contribution is 8.18. The van der Waals surface area contributed by atoms with Gasteiger partial charge in [-0.15, -0.1) is 0 Å². The molecule has 3 aromatic rings. The first-order chi connectivity index (χ1) is 14.9. The molecule has 4 rings (SSSR count). The van der Waals surface area contributed by atoms with E-state index in [1.807, 2.05) is 37.3 Å². The predicted octanol–water partition coefficient (Wildman–Crippen LogP) is 4.65. The number of amides is 1. The molecular weight excluding hydrogens is 432 g/mol. The summed E-state index contributed by atoms with van der Waals surface area (Å²) in [7, 11) is -3.95. The minimum Gasteiger partial charge on any atom is -0.379 e. The van der Waals surface area contributed by atoms with Crippen molar-refractivity contribution in [3.05, 3.63) is 94.9 Å². The van der Waals surface area contributed by atoms with E-state index >= 15 is 0 Å². The fraction of sp³-hybridized carbons (Fsp3) is 0.0435. The van der Waals surface area contributed by atoms with Crippen LogP contribution in [-0.2, 0) is 14.9 Å². The molecule has 31 heavy (non-hydrogen) atoms. The van der Waals surface area contributed by atoms with Gasteiger partial charge in [-0.3, -0.25) is 4.79 Å². The van der Waals surface area contributed by atoms with Crippen molar-refractivity contribution in [1.82, 2.24) is 5.32 Å². The normalized spacial score (nSPS) is 16.5. The van der Waals surface area contributed by atoms with Gasteiger partial charge in [-0.2, -0.15) is 8.42 Å². The van der Waals surface area contributed by atoms with Crippen LogP contribution in [0.4, 0.5) is 5.69 Å². The molecule has 0 unspecified atom stereocenters. The van der Waals surface area contributed by atoms with Gasteiger partial charge in [0.2, 0.25) is 0 Å². The van der Waals surface area contributed by atoms with Crippen LogP contribution in [0.3, 0.4) is 0 Å². The Kier molecular flexibility index (Phi) is 5.92. The van der Waals surface area contributed by atoms with Crippen LogP contribution in [0.5, 0.6) is 5.75 Å². The number of aliphatic imine (C=N–C) groups is 1. The third-order valence-corrected chi connectivity index (χ3v) is 6.48. The zero-order valence-corrected chi connectivity index (χ0v) is 18.1. The maximum atomic E-state index is 12.5. The Morgan fingerprint density at radius 1 is 0.968 bits per heavy atom. The summed E-state index contributed by atoms with van der Waals surface area (Å²) in [6, 6.07) is 22.3. The number of hydrogen-bond donors (Lipinski definition) is 1. The van der Waals surface area contributed by atoms with Gasteiger partial charge in [-0.25, -0.2) is 4.99 Å². The van der Waals surface area contributed by atoms with Crippen LogP contribution in [0.25, 0.3) is 6.08 Å². The quantitative estimate of drug-likeness (QED) is 0.452. The van der Waals surface area contributed by atoms with Gasteiger partial charge in [0.05, 0.1) is 10.6 Å². The highest BCUT2D eigenvalue weighted by Gasteiger charge is 2.24. The molecule has 0 radical (unpaired) electrons. The van der Waals surface area contributed by atoms with Crippen LogP contribution < -0.4 is 9.50 Å². The molecule has 0 aromatic heterocycles. The second-order valence-corrected chi connectivity index (χ2v) is 9.32. The molecule has 156 valence electrons. The van der Waals surface area contributed by atoms with Crippen molar-refractivity contribution >= 4 is 44.7 Å². The zero-order chi connectivity index (χ0) is 21.8. The number of rotatable bonds is 5. The molecule has 3 aromatic carbocycles. The molecule has 1 N–H and O–H groups in total.